The molecule has 36 heavy (non-hydrogen) atoms. The van der Waals surface area contributed by atoms with Crippen LogP contribution in [-0.2, 0) is 0 Å². The van der Waals surface area contributed by atoms with Crippen molar-refractivity contribution in [3.63, 3.8) is 0 Å². The van der Waals surface area contributed by atoms with E-state index in [1.807, 2.05) is 24.7 Å². The third kappa shape index (κ3) is 3.68. The number of hydrogen-bond donors (Lipinski definition) is 1. The fourth-order valence-electron chi connectivity index (χ4n) is 6.48. The van der Waals surface area contributed by atoms with E-state index in [4.69, 9.17) is 15.1 Å². The number of rotatable bonds is 5. The number of nitrogens with zero attached hydrogens (tertiary/aromatic N) is 4. The maximum Gasteiger partial charge on any atom is 0.177 e. The Morgan fingerprint density at radius 1 is 1.11 bits per heavy atom. The number of anilines is 1. The molecular formula is C29H30N5OS+. The summed E-state index contributed by atoms with van der Waals surface area (Å²) in [6.07, 6.45) is 16.8. The summed E-state index contributed by atoms with van der Waals surface area (Å²) in [5.41, 5.74) is 10.0. The molecule has 3 aromatic heterocycles. The highest BCUT2D eigenvalue weighted by Crippen LogP contribution is 2.40. The highest BCUT2D eigenvalue weighted by molar-refractivity contribution is 7.13. The fourth-order valence-corrected chi connectivity index (χ4v) is 7.24. The molecule has 0 radical (unpaired) electrons. The molecule has 2 bridgehead atoms. The minimum Gasteiger partial charge on any atom is -0.452 e. The fraction of sp³-hybridized carbons (Fsp3) is 0.379. The third-order valence-corrected chi connectivity index (χ3v) is 9.32. The second-order valence-electron chi connectivity index (χ2n) is 10.6. The quantitative estimate of drug-likeness (QED) is 0.327. The van der Waals surface area contributed by atoms with Gasteiger partial charge in [0.1, 0.15) is 12.5 Å². The van der Waals surface area contributed by atoms with E-state index >= 15 is 0 Å². The molecule has 7 rings (SSSR count). The van der Waals surface area contributed by atoms with Gasteiger partial charge < -0.3 is 10.2 Å². The van der Waals surface area contributed by atoms with Gasteiger partial charge in [-0.2, -0.15) is 4.37 Å². The van der Waals surface area contributed by atoms with Gasteiger partial charge in [0, 0.05) is 66.2 Å². The van der Waals surface area contributed by atoms with Crippen LogP contribution in [0.15, 0.2) is 52.1 Å². The average molecular weight is 497 g/mol. The van der Waals surface area contributed by atoms with Crippen LogP contribution in [0.4, 0.5) is 5.82 Å². The molecule has 6 nitrogen and oxygen atoms in total. The van der Waals surface area contributed by atoms with Crippen molar-refractivity contribution in [2.24, 2.45) is 10.9 Å². The molecule has 0 aliphatic carbocycles. The largest absolute Gasteiger partial charge is 0.452 e. The maximum atomic E-state index is 6.26. The van der Waals surface area contributed by atoms with Gasteiger partial charge in [-0.05, 0) is 54.4 Å². The van der Waals surface area contributed by atoms with E-state index in [0.717, 1.165) is 56.7 Å². The zero-order chi connectivity index (χ0) is 24.2. The Morgan fingerprint density at radius 3 is 2.78 bits per heavy atom. The van der Waals surface area contributed by atoms with Crippen LogP contribution in [0.25, 0.3) is 38.0 Å². The number of nitrogens with two attached hydrogens (primary N) is 1. The lowest BCUT2D eigenvalue weighted by molar-refractivity contribution is -0.585. The first kappa shape index (κ1) is 21.9. The number of piperidine rings is 1. The average Bonchev–Trinajstić information content (AvgIpc) is 3.60. The van der Waals surface area contributed by atoms with Crippen LogP contribution < -0.4 is 5.73 Å². The molecule has 0 spiro atoms. The molecule has 4 aromatic rings. The van der Waals surface area contributed by atoms with Gasteiger partial charge in [0.15, 0.2) is 23.5 Å². The summed E-state index contributed by atoms with van der Waals surface area (Å²) >= 11 is 1.48. The van der Waals surface area contributed by atoms with E-state index in [2.05, 4.69) is 44.9 Å². The van der Waals surface area contributed by atoms with Crippen LogP contribution >= 0.6 is 11.5 Å². The third-order valence-electron chi connectivity index (χ3n) is 8.47. The van der Waals surface area contributed by atoms with E-state index in [1.165, 1.54) is 43.6 Å². The lowest BCUT2D eigenvalue weighted by Crippen LogP contribution is -2.34. The van der Waals surface area contributed by atoms with Crippen LogP contribution in [0.1, 0.15) is 50.5 Å². The van der Waals surface area contributed by atoms with Gasteiger partial charge in [-0.15, -0.1) is 0 Å². The maximum absolute atomic E-state index is 6.26. The number of hydrogen-bond acceptors (Lipinski definition) is 6. The van der Waals surface area contributed by atoms with Gasteiger partial charge in [0.2, 0.25) is 0 Å². The number of furan rings is 1. The highest BCUT2D eigenvalue weighted by atomic mass is 32.1. The Kier molecular flexibility index (Phi) is 5.27. The number of pyridine rings is 1. The lowest BCUT2D eigenvalue weighted by atomic mass is 9.86. The van der Waals surface area contributed by atoms with Crippen LogP contribution in [-0.4, -0.2) is 45.0 Å². The molecule has 7 heteroatoms. The van der Waals surface area contributed by atoms with E-state index in [1.54, 1.807) is 0 Å². The Labute approximate surface area is 214 Å². The zero-order valence-electron chi connectivity index (χ0n) is 20.3. The molecule has 2 saturated heterocycles. The minimum atomic E-state index is 0.366. The number of aromatic nitrogens is 2. The van der Waals surface area contributed by atoms with Crippen molar-refractivity contribution in [1.82, 2.24) is 9.36 Å². The van der Waals surface area contributed by atoms with Gasteiger partial charge in [-0.1, -0.05) is 18.2 Å². The first-order valence-corrected chi connectivity index (χ1v) is 13.8. The van der Waals surface area contributed by atoms with Crippen molar-refractivity contribution in [3.8, 4) is 11.3 Å². The molecule has 0 amide bonds. The van der Waals surface area contributed by atoms with Crippen LogP contribution in [0, 0.1) is 5.92 Å². The summed E-state index contributed by atoms with van der Waals surface area (Å²) in [7, 11) is 0. The van der Waals surface area contributed by atoms with Crippen molar-refractivity contribution in [2.75, 3.05) is 5.73 Å². The molecule has 182 valence electrons. The first-order chi connectivity index (χ1) is 17.6. The normalized spacial score (nSPS) is 25.7. The second-order valence-corrected chi connectivity index (χ2v) is 11.4. The summed E-state index contributed by atoms with van der Waals surface area (Å²) in [6, 6.07) is 10.0. The summed E-state index contributed by atoms with van der Waals surface area (Å²) in [4.78, 5) is 9.40. The molecule has 3 aliphatic heterocycles. The first-order valence-electron chi connectivity index (χ1n) is 13.0. The smallest absolute Gasteiger partial charge is 0.177 e. The van der Waals surface area contributed by atoms with Crippen molar-refractivity contribution in [1.29, 1.82) is 0 Å². The molecule has 3 atom stereocenters. The van der Waals surface area contributed by atoms with Crippen LogP contribution in [0.5, 0.6) is 0 Å². The van der Waals surface area contributed by atoms with Crippen LogP contribution in [0.2, 0.25) is 0 Å². The molecule has 3 aliphatic rings. The topological polar surface area (TPSA) is 80.3 Å². The molecule has 0 saturated carbocycles. The molecule has 3 unspecified atom stereocenters. The van der Waals surface area contributed by atoms with E-state index in [9.17, 15) is 0 Å². The Hall–Kier alpha value is -3.32. The van der Waals surface area contributed by atoms with Gasteiger partial charge in [0.05, 0.1) is 10.7 Å². The van der Waals surface area contributed by atoms with Crippen molar-refractivity contribution >= 4 is 56.9 Å². The number of fused-ring (bicyclic) bond motifs is 4. The van der Waals surface area contributed by atoms with Gasteiger partial charge in [-0.25, -0.2) is 9.56 Å². The Balaban J connectivity index is 1.10. The standard InChI is InChI=1S/C29H30N5OS/c1-34-21-9-10-22(34)12-17(11-21)5-7-20-8-6-18(14-31-20)25-16-32-29(30)27-24(25)13-26(35-27)23-4-2-3-19-15-33-36-28(19)23/h2-4,6,13-17,20-22H,1,5,7-12H2,(H2,30,32)/q+1. The van der Waals surface area contributed by atoms with E-state index in [-0.39, 0.29) is 0 Å². The SMILES string of the molecule is C=[N+]1C2CCC1CC(CCC1CC=C(c3cnc(N)c4oc(-c5cccc6cnsc56)cc34)C=N1)C2. The predicted molar refractivity (Wildman–Crippen MR) is 148 cm³/mol. The summed E-state index contributed by atoms with van der Waals surface area (Å²) in [5, 5.41) is 2.09. The second kappa shape index (κ2) is 8.66. The summed E-state index contributed by atoms with van der Waals surface area (Å²) in [6.45, 7) is 4.28. The Bertz CT molecular complexity index is 1530. The number of benzene rings is 1. The van der Waals surface area contributed by atoms with E-state index < -0.39 is 0 Å². The molecule has 6 heterocycles. The molecule has 1 aromatic carbocycles. The number of dihydropyridines is 1. The highest BCUT2D eigenvalue weighted by Gasteiger charge is 2.43. The monoisotopic (exact) mass is 496 g/mol. The van der Waals surface area contributed by atoms with Gasteiger partial charge in [-0.3, -0.25) is 4.99 Å². The van der Waals surface area contributed by atoms with Gasteiger partial charge >= 0.3 is 0 Å². The van der Waals surface area contributed by atoms with Crippen molar-refractivity contribution in [2.45, 2.75) is 63.1 Å². The number of aliphatic imine (C=N–C) groups is 1. The van der Waals surface area contributed by atoms with E-state index in [0.29, 0.717) is 29.5 Å². The van der Waals surface area contributed by atoms with Gasteiger partial charge in [0.25, 0.3) is 0 Å². The Morgan fingerprint density at radius 2 is 1.97 bits per heavy atom. The summed E-state index contributed by atoms with van der Waals surface area (Å²) in [5.74, 6) is 2.02. The lowest BCUT2D eigenvalue weighted by Gasteiger charge is -2.27. The molecule has 2 N–H and O–H groups in total. The van der Waals surface area contributed by atoms with Crippen LogP contribution in [0.3, 0.4) is 0 Å². The molecular weight excluding hydrogens is 466 g/mol. The van der Waals surface area contributed by atoms with Crippen molar-refractivity contribution in [3.05, 3.63) is 48.3 Å². The number of nitrogen functional groups attached to an aromatic ring is 1. The zero-order valence-corrected chi connectivity index (χ0v) is 21.1. The number of allylic oxidation sites excluding steroid dienone is 1. The summed E-state index contributed by atoms with van der Waals surface area (Å²) < 4.78 is 14.1. The molecule has 2 fully saturated rings. The predicted octanol–water partition coefficient (Wildman–Crippen LogP) is 6.35. The minimum absolute atomic E-state index is 0.366. The van der Waals surface area contributed by atoms with Crippen molar-refractivity contribution < 1.29 is 8.99 Å².